The van der Waals surface area contributed by atoms with Crippen molar-refractivity contribution in [3.63, 3.8) is 0 Å². The minimum Gasteiger partial charge on any atom is -0.444 e. The van der Waals surface area contributed by atoms with Crippen LogP contribution in [0.5, 0.6) is 0 Å². The Morgan fingerprint density at radius 1 is 1.31 bits per heavy atom. The standard InChI is InChI=1S/C22H26ClN5O3S/c1-21(2,3)31-20(30)27-8-4-13(5-9-27)15-10-17(29)26-18-14(11-24-28(15)18)19-25-16(12-32-19)22(23)6-7-22/h10-13H,4-9H2,1-3H3,(H,26,29). The van der Waals surface area contributed by atoms with Gasteiger partial charge in [-0.05, 0) is 46.5 Å². The van der Waals surface area contributed by atoms with E-state index in [1.807, 2.05) is 26.2 Å². The van der Waals surface area contributed by atoms with Gasteiger partial charge in [0.1, 0.15) is 16.3 Å². The van der Waals surface area contributed by atoms with Gasteiger partial charge in [0.15, 0.2) is 0 Å². The quantitative estimate of drug-likeness (QED) is 0.563. The number of likely N-dealkylation sites (tertiary alicyclic amines) is 1. The first-order valence-electron chi connectivity index (χ1n) is 10.9. The number of hydrogen-bond donors (Lipinski definition) is 1. The van der Waals surface area contributed by atoms with Gasteiger partial charge in [-0.1, -0.05) is 0 Å². The second-order valence-electron chi connectivity index (χ2n) is 9.62. The van der Waals surface area contributed by atoms with Crippen molar-refractivity contribution in [2.24, 2.45) is 0 Å². The first-order valence-corrected chi connectivity index (χ1v) is 12.1. The van der Waals surface area contributed by atoms with Gasteiger partial charge in [0.05, 0.1) is 28.0 Å². The van der Waals surface area contributed by atoms with E-state index in [4.69, 9.17) is 21.3 Å². The van der Waals surface area contributed by atoms with Crippen molar-refractivity contribution in [1.82, 2.24) is 24.5 Å². The topological polar surface area (TPSA) is 92.6 Å². The van der Waals surface area contributed by atoms with Gasteiger partial charge in [-0.2, -0.15) is 5.10 Å². The van der Waals surface area contributed by atoms with Crippen LogP contribution in [0.1, 0.15) is 63.8 Å². The summed E-state index contributed by atoms with van der Waals surface area (Å²) in [6, 6.07) is 1.61. The molecule has 3 aromatic heterocycles. The number of amides is 1. The minimum atomic E-state index is -0.517. The highest BCUT2D eigenvalue weighted by molar-refractivity contribution is 7.13. The molecule has 170 valence electrons. The predicted molar refractivity (Wildman–Crippen MR) is 123 cm³/mol. The lowest BCUT2D eigenvalue weighted by Gasteiger charge is -2.33. The summed E-state index contributed by atoms with van der Waals surface area (Å²) in [7, 11) is 0. The molecule has 8 nitrogen and oxygen atoms in total. The van der Waals surface area contributed by atoms with E-state index in [1.165, 1.54) is 11.3 Å². The molecule has 2 fully saturated rings. The molecule has 0 aromatic carbocycles. The van der Waals surface area contributed by atoms with E-state index in [0.29, 0.717) is 18.7 Å². The lowest BCUT2D eigenvalue weighted by molar-refractivity contribution is 0.0203. The van der Waals surface area contributed by atoms with E-state index >= 15 is 0 Å². The maximum absolute atomic E-state index is 12.5. The average molecular weight is 476 g/mol. The third-order valence-electron chi connectivity index (χ3n) is 5.98. The van der Waals surface area contributed by atoms with Crippen molar-refractivity contribution in [2.75, 3.05) is 13.1 Å². The number of nitrogens with one attached hydrogen (secondary N) is 1. The zero-order chi connectivity index (χ0) is 22.7. The number of H-pyrrole nitrogens is 1. The summed E-state index contributed by atoms with van der Waals surface area (Å²) in [5.74, 6) is 0.121. The fourth-order valence-corrected chi connectivity index (χ4v) is 5.30. The third-order valence-corrected chi connectivity index (χ3v) is 7.43. The van der Waals surface area contributed by atoms with E-state index < -0.39 is 5.60 Å². The molecular weight excluding hydrogens is 450 g/mol. The molecule has 10 heteroatoms. The number of alkyl halides is 1. The fraction of sp³-hybridized carbons (Fsp3) is 0.545. The first kappa shape index (κ1) is 21.5. The van der Waals surface area contributed by atoms with Crippen molar-refractivity contribution in [1.29, 1.82) is 0 Å². The molecule has 1 amide bonds. The third kappa shape index (κ3) is 4.03. The normalized spacial score (nSPS) is 18.8. The number of halogens is 1. The molecule has 1 aliphatic carbocycles. The Balaban J connectivity index is 1.39. The largest absolute Gasteiger partial charge is 0.444 e. The molecule has 2 aliphatic rings. The van der Waals surface area contributed by atoms with Crippen LogP contribution >= 0.6 is 22.9 Å². The number of hydrogen-bond acceptors (Lipinski definition) is 6. The number of fused-ring (bicyclic) bond motifs is 1. The average Bonchev–Trinajstić information content (AvgIpc) is 3.14. The number of piperidine rings is 1. The van der Waals surface area contributed by atoms with Gasteiger partial charge in [0.2, 0.25) is 0 Å². The van der Waals surface area contributed by atoms with Gasteiger partial charge in [-0.3, -0.25) is 4.79 Å². The molecule has 0 radical (unpaired) electrons. The Labute approximate surface area is 194 Å². The maximum Gasteiger partial charge on any atom is 0.410 e. The number of aromatic nitrogens is 4. The summed E-state index contributed by atoms with van der Waals surface area (Å²) < 4.78 is 7.29. The molecule has 4 heterocycles. The van der Waals surface area contributed by atoms with Crippen LogP contribution in [0, 0.1) is 0 Å². The van der Waals surface area contributed by atoms with Gasteiger partial charge in [-0.15, -0.1) is 22.9 Å². The summed E-state index contributed by atoms with van der Waals surface area (Å²) in [5, 5.41) is 7.37. The summed E-state index contributed by atoms with van der Waals surface area (Å²) >= 11 is 8.03. The van der Waals surface area contributed by atoms with E-state index in [-0.39, 0.29) is 22.4 Å². The molecule has 0 spiro atoms. The van der Waals surface area contributed by atoms with Crippen LogP contribution in [-0.4, -0.2) is 49.3 Å². The highest BCUT2D eigenvalue weighted by atomic mass is 35.5. The number of thiazole rings is 1. The maximum atomic E-state index is 12.5. The summed E-state index contributed by atoms with van der Waals surface area (Å²) in [6.07, 6.45) is 4.82. The van der Waals surface area contributed by atoms with Crippen LogP contribution in [0.4, 0.5) is 4.79 Å². The molecule has 0 atom stereocenters. The second kappa shape index (κ2) is 7.59. The fourth-order valence-electron chi connectivity index (χ4n) is 4.11. The molecular formula is C22H26ClN5O3S. The lowest BCUT2D eigenvalue weighted by Crippen LogP contribution is -2.41. The molecule has 0 bridgehead atoms. The van der Waals surface area contributed by atoms with E-state index in [2.05, 4.69) is 10.1 Å². The number of carbonyl (C=O) groups is 1. The number of ether oxygens (including phenoxy) is 1. The van der Waals surface area contributed by atoms with Gasteiger partial charge in [-0.25, -0.2) is 14.3 Å². The van der Waals surface area contributed by atoms with Gasteiger partial charge in [0.25, 0.3) is 5.56 Å². The molecule has 0 unspecified atom stereocenters. The molecule has 1 saturated heterocycles. The van der Waals surface area contributed by atoms with Crippen molar-refractivity contribution in [3.8, 4) is 10.6 Å². The number of rotatable bonds is 3. The summed E-state index contributed by atoms with van der Waals surface area (Å²) in [6.45, 7) is 6.75. The number of nitrogens with zero attached hydrogens (tertiary/aromatic N) is 4. The monoisotopic (exact) mass is 475 g/mol. The van der Waals surface area contributed by atoms with Crippen molar-refractivity contribution < 1.29 is 9.53 Å². The van der Waals surface area contributed by atoms with E-state index in [0.717, 1.165) is 47.6 Å². The smallest absolute Gasteiger partial charge is 0.410 e. The second-order valence-corrected chi connectivity index (χ2v) is 11.2. The lowest BCUT2D eigenvalue weighted by atomic mass is 9.93. The predicted octanol–water partition coefficient (Wildman–Crippen LogP) is 4.49. The summed E-state index contributed by atoms with van der Waals surface area (Å²) in [5.41, 5.74) is 2.50. The minimum absolute atomic E-state index is 0.121. The molecule has 1 N–H and O–H groups in total. The molecule has 1 aliphatic heterocycles. The zero-order valence-corrected chi connectivity index (χ0v) is 19.9. The molecule has 5 rings (SSSR count). The van der Waals surface area contributed by atoms with Crippen molar-refractivity contribution >= 4 is 34.7 Å². The Morgan fingerprint density at radius 3 is 2.69 bits per heavy atom. The Bertz CT molecular complexity index is 1230. The van der Waals surface area contributed by atoms with Crippen LogP contribution in [0.2, 0.25) is 0 Å². The van der Waals surface area contributed by atoms with Crippen LogP contribution in [0.25, 0.3) is 16.2 Å². The zero-order valence-electron chi connectivity index (χ0n) is 18.4. The van der Waals surface area contributed by atoms with Crippen molar-refractivity contribution in [2.45, 2.75) is 62.8 Å². The van der Waals surface area contributed by atoms with Crippen molar-refractivity contribution in [3.05, 3.63) is 39.4 Å². The van der Waals surface area contributed by atoms with Crippen LogP contribution in [-0.2, 0) is 9.61 Å². The van der Waals surface area contributed by atoms with Gasteiger partial charge >= 0.3 is 6.09 Å². The van der Waals surface area contributed by atoms with Crippen LogP contribution in [0.3, 0.4) is 0 Å². The Hall–Kier alpha value is -2.39. The molecule has 32 heavy (non-hydrogen) atoms. The highest BCUT2D eigenvalue weighted by Gasteiger charge is 2.44. The molecule has 1 saturated carbocycles. The molecule has 3 aromatic rings. The highest BCUT2D eigenvalue weighted by Crippen LogP contribution is 2.52. The van der Waals surface area contributed by atoms with Gasteiger partial charge in [0, 0.05) is 30.5 Å². The first-order chi connectivity index (χ1) is 15.1. The Kier molecular flexibility index (Phi) is 5.09. The van der Waals surface area contributed by atoms with E-state index in [1.54, 1.807) is 21.7 Å². The van der Waals surface area contributed by atoms with Crippen LogP contribution in [0.15, 0.2) is 22.4 Å². The summed E-state index contributed by atoms with van der Waals surface area (Å²) in [4.78, 5) is 33.9. The van der Waals surface area contributed by atoms with E-state index in [9.17, 15) is 9.59 Å². The SMILES string of the molecule is CC(C)(C)OC(=O)N1CCC(c2cc(=O)[nH]c3c(-c4nc(C5(Cl)CC5)cs4)cnn23)CC1. The van der Waals surface area contributed by atoms with Gasteiger partial charge < -0.3 is 14.6 Å². The number of aromatic amines is 1. The Morgan fingerprint density at radius 2 is 2.03 bits per heavy atom. The number of carbonyl (C=O) groups excluding carboxylic acids is 1. The van der Waals surface area contributed by atoms with Crippen LogP contribution < -0.4 is 5.56 Å².